The highest BCUT2D eigenvalue weighted by Crippen LogP contribution is 2.05. The van der Waals surface area contributed by atoms with Gasteiger partial charge in [0.05, 0.1) is 0 Å². The molecule has 0 radical (unpaired) electrons. The minimum Gasteiger partial charge on any atom is -0.424 e. The van der Waals surface area contributed by atoms with Crippen molar-refractivity contribution in [3.8, 4) is 0 Å². The normalized spacial score (nSPS) is 12.2. The van der Waals surface area contributed by atoms with Gasteiger partial charge < -0.3 is 9.73 Å². The summed E-state index contributed by atoms with van der Waals surface area (Å²) >= 11 is 0. The minimum absolute atomic E-state index is 0.166. The van der Waals surface area contributed by atoms with Crippen molar-refractivity contribution in [2.24, 2.45) is 0 Å². The first-order valence-electron chi connectivity index (χ1n) is 5.59. The van der Waals surface area contributed by atoms with Crippen molar-refractivity contribution in [3.05, 3.63) is 11.8 Å². The van der Waals surface area contributed by atoms with Crippen LogP contribution in [0, 0.1) is 0 Å². The molecule has 0 spiro atoms. The Morgan fingerprint density at radius 3 is 2.53 bits per heavy atom. The molecule has 17 heavy (non-hydrogen) atoms. The monoisotopic (exact) mass is 261 g/mol. The molecule has 0 saturated carbocycles. The minimum atomic E-state index is -3.11. The second kappa shape index (κ2) is 6.11. The lowest BCUT2D eigenvalue weighted by molar-refractivity contribution is 0.449. The highest BCUT2D eigenvalue weighted by molar-refractivity contribution is 7.89. The Balaban J connectivity index is 2.36. The molecule has 0 atom stereocenters. The Bertz CT molecular complexity index is 439. The molecule has 0 amide bonds. The van der Waals surface area contributed by atoms with Gasteiger partial charge in [0.1, 0.15) is 5.75 Å². The van der Waals surface area contributed by atoms with Crippen molar-refractivity contribution < 1.29 is 12.8 Å². The summed E-state index contributed by atoms with van der Waals surface area (Å²) in [5.74, 6) is 0.470. The zero-order valence-corrected chi connectivity index (χ0v) is 11.2. The van der Waals surface area contributed by atoms with E-state index in [1.807, 2.05) is 0 Å². The Labute approximate surface area is 102 Å². The number of nitrogens with zero attached hydrogens (tertiary/aromatic N) is 2. The van der Waals surface area contributed by atoms with E-state index in [1.54, 1.807) is 0 Å². The van der Waals surface area contributed by atoms with Gasteiger partial charge in [-0.15, -0.1) is 10.2 Å². The maximum absolute atomic E-state index is 11.0. The third kappa shape index (κ3) is 6.38. The SMILES string of the molecule is CC(C)NCCCc1nnc(CS(C)(=O)=O)o1. The number of aryl methyl sites for hydroxylation is 1. The largest absolute Gasteiger partial charge is 0.424 e. The number of rotatable bonds is 7. The Kier molecular flexibility index (Phi) is 5.07. The second-order valence-electron chi connectivity index (χ2n) is 4.37. The fourth-order valence-electron chi connectivity index (χ4n) is 1.30. The molecule has 0 unspecified atom stereocenters. The molecule has 1 N–H and O–H groups in total. The van der Waals surface area contributed by atoms with Gasteiger partial charge in [0.15, 0.2) is 9.84 Å². The van der Waals surface area contributed by atoms with E-state index in [2.05, 4.69) is 29.4 Å². The maximum Gasteiger partial charge on any atom is 0.231 e. The summed E-state index contributed by atoms with van der Waals surface area (Å²) in [6.07, 6.45) is 2.69. The van der Waals surface area contributed by atoms with E-state index < -0.39 is 9.84 Å². The van der Waals surface area contributed by atoms with Crippen LogP contribution in [0.15, 0.2) is 4.42 Å². The molecular formula is C10H19N3O3S. The molecule has 1 rings (SSSR count). The van der Waals surface area contributed by atoms with Gasteiger partial charge in [0, 0.05) is 18.7 Å². The molecule has 1 aromatic rings. The Morgan fingerprint density at radius 2 is 1.94 bits per heavy atom. The third-order valence-corrected chi connectivity index (χ3v) is 2.79. The van der Waals surface area contributed by atoms with Crippen LogP contribution in [0.5, 0.6) is 0 Å². The second-order valence-corrected chi connectivity index (χ2v) is 6.51. The first kappa shape index (κ1) is 14.1. The lowest BCUT2D eigenvalue weighted by Gasteiger charge is -2.05. The van der Waals surface area contributed by atoms with Crippen LogP contribution in [0.4, 0.5) is 0 Å². The van der Waals surface area contributed by atoms with Crippen LogP contribution < -0.4 is 5.32 Å². The molecule has 7 heteroatoms. The van der Waals surface area contributed by atoms with Gasteiger partial charge in [0.25, 0.3) is 0 Å². The summed E-state index contributed by atoms with van der Waals surface area (Å²) < 4.78 is 27.3. The quantitative estimate of drug-likeness (QED) is 0.721. The van der Waals surface area contributed by atoms with Crippen molar-refractivity contribution in [2.75, 3.05) is 12.8 Å². The summed E-state index contributed by atoms with van der Waals surface area (Å²) in [6, 6.07) is 0.457. The summed E-state index contributed by atoms with van der Waals surface area (Å²) in [5, 5.41) is 10.8. The lowest BCUT2D eigenvalue weighted by atomic mass is 10.3. The van der Waals surface area contributed by atoms with Crippen LogP contribution in [-0.4, -0.2) is 37.5 Å². The van der Waals surface area contributed by atoms with E-state index in [4.69, 9.17) is 4.42 Å². The van der Waals surface area contributed by atoms with Crippen LogP contribution >= 0.6 is 0 Å². The predicted octanol–water partition coefficient (Wildman–Crippen LogP) is 0.545. The van der Waals surface area contributed by atoms with E-state index in [0.29, 0.717) is 18.4 Å². The van der Waals surface area contributed by atoms with Crippen molar-refractivity contribution in [1.29, 1.82) is 0 Å². The Morgan fingerprint density at radius 1 is 1.29 bits per heavy atom. The highest BCUT2D eigenvalue weighted by atomic mass is 32.2. The van der Waals surface area contributed by atoms with Gasteiger partial charge in [-0.2, -0.15) is 0 Å². The highest BCUT2D eigenvalue weighted by Gasteiger charge is 2.11. The summed E-state index contributed by atoms with van der Waals surface area (Å²) in [5.41, 5.74) is 0. The van der Waals surface area contributed by atoms with Crippen molar-refractivity contribution in [3.63, 3.8) is 0 Å². The van der Waals surface area contributed by atoms with Gasteiger partial charge in [-0.3, -0.25) is 0 Å². The molecule has 1 heterocycles. The van der Waals surface area contributed by atoms with E-state index in [1.165, 1.54) is 0 Å². The molecule has 0 bridgehead atoms. The zero-order chi connectivity index (χ0) is 12.9. The maximum atomic E-state index is 11.0. The van der Waals surface area contributed by atoms with Crippen LogP contribution in [0.3, 0.4) is 0 Å². The van der Waals surface area contributed by atoms with E-state index in [-0.39, 0.29) is 11.6 Å². The first-order chi connectivity index (χ1) is 7.87. The van der Waals surface area contributed by atoms with Gasteiger partial charge in [0.2, 0.25) is 11.8 Å². The molecule has 0 saturated heterocycles. The number of nitrogens with one attached hydrogen (secondary N) is 1. The summed E-state index contributed by atoms with van der Waals surface area (Å²) in [7, 11) is -3.11. The van der Waals surface area contributed by atoms with Crippen molar-refractivity contribution >= 4 is 9.84 Å². The smallest absolute Gasteiger partial charge is 0.231 e. The van der Waals surface area contributed by atoms with Crippen LogP contribution in [-0.2, 0) is 22.0 Å². The number of hydrogen-bond acceptors (Lipinski definition) is 6. The molecule has 0 aliphatic carbocycles. The molecule has 6 nitrogen and oxygen atoms in total. The Hall–Kier alpha value is -0.950. The topological polar surface area (TPSA) is 85.1 Å². The standard InChI is InChI=1S/C10H19N3O3S/c1-8(2)11-6-4-5-9-12-13-10(16-9)7-17(3,14)15/h8,11H,4-7H2,1-3H3. The molecule has 0 aliphatic rings. The van der Waals surface area contributed by atoms with Crippen LogP contribution in [0.1, 0.15) is 32.0 Å². The third-order valence-electron chi connectivity index (χ3n) is 2.01. The van der Waals surface area contributed by atoms with E-state index in [9.17, 15) is 8.42 Å². The molecule has 0 fully saturated rings. The average molecular weight is 261 g/mol. The first-order valence-corrected chi connectivity index (χ1v) is 7.65. The molecular weight excluding hydrogens is 242 g/mol. The van der Waals surface area contributed by atoms with Crippen LogP contribution in [0.25, 0.3) is 0 Å². The summed E-state index contributed by atoms with van der Waals surface area (Å²) in [6.45, 7) is 5.04. The number of sulfone groups is 1. The van der Waals surface area contributed by atoms with Gasteiger partial charge >= 0.3 is 0 Å². The van der Waals surface area contributed by atoms with E-state index >= 15 is 0 Å². The average Bonchev–Trinajstić information content (AvgIpc) is 2.57. The lowest BCUT2D eigenvalue weighted by Crippen LogP contribution is -2.23. The fourth-order valence-corrected chi connectivity index (χ4v) is 1.87. The fraction of sp³-hybridized carbons (Fsp3) is 0.800. The molecule has 98 valence electrons. The molecule has 0 aliphatic heterocycles. The van der Waals surface area contributed by atoms with Gasteiger partial charge in [-0.05, 0) is 13.0 Å². The number of aromatic nitrogens is 2. The van der Waals surface area contributed by atoms with Crippen LogP contribution in [0.2, 0.25) is 0 Å². The van der Waals surface area contributed by atoms with Gasteiger partial charge in [-0.25, -0.2) is 8.42 Å². The molecule has 0 aromatic carbocycles. The predicted molar refractivity (Wildman–Crippen MR) is 64.3 cm³/mol. The van der Waals surface area contributed by atoms with Crippen molar-refractivity contribution in [2.45, 2.75) is 38.5 Å². The summed E-state index contributed by atoms with van der Waals surface area (Å²) in [4.78, 5) is 0. The van der Waals surface area contributed by atoms with Gasteiger partial charge in [-0.1, -0.05) is 13.8 Å². The molecule has 1 aromatic heterocycles. The van der Waals surface area contributed by atoms with E-state index in [0.717, 1.165) is 19.2 Å². The number of hydrogen-bond donors (Lipinski definition) is 1. The zero-order valence-electron chi connectivity index (χ0n) is 10.4. The van der Waals surface area contributed by atoms with Crippen molar-refractivity contribution in [1.82, 2.24) is 15.5 Å².